The second-order valence-corrected chi connectivity index (χ2v) is 8.37. The first-order valence-corrected chi connectivity index (χ1v) is 9.13. The Morgan fingerprint density at radius 2 is 2.05 bits per heavy atom. The van der Waals surface area contributed by atoms with E-state index in [1.807, 2.05) is 7.05 Å². The largest absolute Gasteiger partial charge is 0.395 e. The third kappa shape index (κ3) is 3.54. The Kier molecular flexibility index (Phi) is 5.20. The number of aliphatic hydroxyl groups is 1. The summed E-state index contributed by atoms with van der Waals surface area (Å²) in [5.41, 5.74) is 0.362. The second-order valence-electron chi connectivity index (χ2n) is 5.30. The Bertz CT molecular complexity index is 629. The summed E-state index contributed by atoms with van der Waals surface area (Å²) in [7, 11) is -1.74. The van der Waals surface area contributed by atoms with Crippen molar-refractivity contribution in [3.8, 4) is 0 Å². The lowest BCUT2D eigenvalue weighted by Gasteiger charge is -2.36. The highest BCUT2D eigenvalue weighted by Crippen LogP contribution is 2.26. The van der Waals surface area contributed by atoms with Crippen molar-refractivity contribution in [1.82, 2.24) is 14.2 Å². The van der Waals surface area contributed by atoms with E-state index in [1.54, 1.807) is 6.92 Å². The number of likely N-dealkylation sites (tertiary alicyclic amines) is 1. The highest BCUT2D eigenvalue weighted by atomic mass is 32.2. The lowest BCUT2D eigenvalue weighted by atomic mass is 10.1. The van der Waals surface area contributed by atoms with E-state index < -0.39 is 10.0 Å². The van der Waals surface area contributed by atoms with Crippen LogP contribution in [-0.2, 0) is 10.0 Å². The monoisotopic (exact) mass is 335 g/mol. The molecule has 0 aromatic carbocycles. The van der Waals surface area contributed by atoms with Gasteiger partial charge in [0.2, 0.25) is 0 Å². The molecular formula is C12H21N3O4S2. The molecule has 1 fully saturated rings. The number of H-pyrrole nitrogens is 1. The average Bonchev–Trinajstić information content (AvgIpc) is 2.77. The van der Waals surface area contributed by atoms with Gasteiger partial charge in [-0.1, -0.05) is 11.3 Å². The number of thiazole rings is 1. The maximum absolute atomic E-state index is 12.8. The molecule has 7 nitrogen and oxygen atoms in total. The van der Waals surface area contributed by atoms with Crippen molar-refractivity contribution in [1.29, 1.82) is 0 Å². The van der Waals surface area contributed by atoms with E-state index in [1.165, 1.54) is 4.31 Å². The van der Waals surface area contributed by atoms with Crippen LogP contribution in [0.25, 0.3) is 0 Å². The molecule has 0 spiro atoms. The van der Waals surface area contributed by atoms with Crippen LogP contribution in [0.1, 0.15) is 18.5 Å². The van der Waals surface area contributed by atoms with Crippen LogP contribution in [0.4, 0.5) is 0 Å². The number of nitrogens with one attached hydrogen (secondary N) is 1. The molecule has 0 bridgehead atoms. The number of aryl methyl sites for hydroxylation is 1. The summed E-state index contributed by atoms with van der Waals surface area (Å²) in [6.45, 7) is 3.05. The van der Waals surface area contributed by atoms with Gasteiger partial charge >= 0.3 is 4.87 Å². The summed E-state index contributed by atoms with van der Waals surface area (Å²) in [6, 6.07) is -0.130. The van der Waals surface area contributed by atoms with Gasteiger partial charge in [-0.3, -0.25) is 4.79 Å². The van der Waals surface area contributed by atoms with Crippen molar-refractivity contribution in [2.24, 2.45) is 0 Å². The third-order valence-corrected chi connectivity index (χ3v) is 7.27. The third-order valence-electron chi connectivity index (χ3n) is 3.74. The van der Waals surface area contributed by atoms with Gasteiger partial charge in [0.15, 0.2) is 4.21 Å². The van der Waals surface area contributed by atoms with E-state index in [-0.39, 0.29) is 28.3 Å². The molecule has 1 aromatic rings. The molecular weight excluding hydrogens is 314 g/mol. The van der Waals surface area contributed by atoms with E-state index in [4.69, 9.17) is 0 Å². The maximum atomic E-state index is 12.8. The molecule has 0 unspecified atom stereocenters. The van der Waals surface area contributed by atoms with E-state index >= 15 is 0 Å². The molecule has 2 rings (SSSR count). The Morgan fingerprint density at radius 1 is 1.43 bits per heavy atom. The van der Waals surface area contributed by atoms with Crippen LogP contribution in [0.15, 0.2) is 9.00 Å². The normalized spacial score (nSPS) is 18.5. The molecule has 0 atom stereocenters. The molecule has 21 heavy (non-hydrogen) atoms. The molecule has 1 aliphatic heterocycles. The zero-order chi connectivity index (χ0) is 15.6. The van der Waals surface area contributed by atoms with Crippen LogP contribution in [0, 0.1) is 6.92 Å². The first kappa shape index (κ1) is 16.6. The first-order chi connectivity index (χ1) is 9.86. The minimum atomic E-state index is -3.75. The molecule has 0 amide bonds. The van der Waals surface area contributed by atoms with Gasteiger partial charge in [-0.25, -0.2) is 8.42 Å². The quantitative estimate of drug-likeness (QED) is 0.779. The fraction of sp³-hybridized carbons (Fsp3) is 0.750. The van der Waals surface area contributed by atoms with Gasteiger partial charge in [-0.15, -0.1) is 0 Å². The lowest BCUT2D eigenvalue weighted by molar-refractivity contribution is 0.161. The molecule has 2 heterocycles. The smallest absolute Gasteiger partial charge is 0.305 e. The summed E-state index contributed by atoms with van der Waals surface area (Å²) >= 11 is 0.707. The van der Waals surface area contributed by atoms with E-state index in [0.717, 1.165) is 25.9 Å². The number of piperidine rings is 1. The Labute approximate surface area is 128 Å². The van der Waals surface area contributed by atoms with Crippen molar-refractivity contribution in [3.05, 3.63) is 15.4 Å². The molecule has 2 N–H and O–H groups in total. The zero-order valence-electron chi connectivity index (χ0n) is 12.2. The molecule has 0 aliphatic carbocycles. The summed E-state index contributed by atoms with van der Waals surface area (Å²) in [4.78, 5) is 15.7. The number of sulfonamides is 1. The molecule has 1 aromatic heterocycles. The predicted molar refractivity (Wildman–Crippen MR) is 81.2 cm³/mol. The van der Waals surface area contributed by atoms with Gasteiger partial charge in [0.05, 0.1) is 6.61 Å². The van der Waals surface area contributed by atoms with Crippen LogP contribution in [0.2, 0.25) is 0 Å². The van der Waals surface area contributed by atoms with Gasteiger partial charge < -0.3 is 15.0 Å². The number of aromatic nitrogens is 1. The number of aliphatic hydroxyl groups excluding tert-OH is 1. The fourth-order valence-corrected chi connectivity index (χ4v) is 5.71. The molecule has 120 valence electrons. The standard InChI is InChI=1S/C12H21N3O4S2/c1-9-11(20-12(17)13-9)21(18,19)15(7-8-16)10-3-5-14(2)6-4-10/h10,16H,3-8H2,1-2H3,(H,13,17). The highest BCUT2D eigenvalue weighted by molar-refractivity contribution is 7.91. The van der Waals surface area contributed by atoms with Crippen LogP contribution in [0.5, 0.6) is 0 Å². The van der Waals surface area contributed by atoms with Crippen LogP contribution >= 0.6 is 11.3 Å². The van der Waals surface area contributed by atoms with Gasteiger partial charge in [-0.05, 0) is 39.9 Å². The molecule has 9 heteroatoms. The van der Waals surface area contributed by atoms with E-state index in [2.05, 4.69) is 9.88 Å². The van der Waals surface area contributed by atoms with Crippen LogP contribution in [-0.4, -0.2) is 67.0 Å². The second kappa shape index (κ2) is 6.57. The van der Waals surface area contributed by atoms with Crippen LogP contribution in [0.3, 0.4) is 0 Å². The zero-order valence-corrected chi connectivity index (χ0v) is 13.8. The number of nitrogens with zero attached hydrogens (tertiary/aromatic N) is 2. The average molecular weight is 335 g/mol. The Balaban J connectivity index is 2.32. The fourth-order valence-electron chi connectivity index (χ4n) is 2.62. The summed E-state index contributed by atoms with van der Waals surface area (Å²) in [5, 5.41) is 9.22. The van der Waals surface area contributed by atoms with E-state index in [9.17, 15) is 18.3 Å². The highest BCUT2D eigenvalue weighted by Gasteiger charge is 2.35. The predicted octanol–water partition coefficient (Wildman–Crippen LogP) is -0.178. The van der Waals surface area contributed by atoms with Crippen molar-refractivity contribution >= 4 is 21.4 Å². The van der Waals surface area contributed by atoms with Crippen molar-refractivity contribution < 1.29 is 13.5 Å². The number of aromatic amines is 1. The van der Waals surface area contributed by atoms with Crippen molar-refractivity contribution in [2.75, 3.05) is 33.3 Å². The molecule has 1 aliphatic rings. The SMILES string of the molecule is Cc1[nH]c(=O)sc1S(=O)(=O)N(CCO)C1CCN(C)CC1. The Morgan fingerprint density at radius 3 is 2.52 bits per heavy atom. The van der Waals surface area contributed by atoms with Crippen LogP contribution < -0.4 is 4.87 Å². The van der Waals surface area contributed by atoms with Crippen molar-refractivity contribution in [3.63, 3.8) is 0 Å². The van der Waals surface area contributed by atoms with Gasteiger partial charge in [0.1, 0.15) is 0 Å². The lowest BCUT2D eigenvalue weighted by Crippen LogP contribution is -2.47. The van der Waals surface area contributed by atoms with Gasteiger partial charge in [0.25, 0.3) is 10.0 Å². The Hall–Kier alpha value is -0.740. The summed E-state index contributed by atoms with van der Waals surface area (Å²) in [6.07, 6.45) is 1.46. The van der Waals surface area contributed by atoms with Gasteiger partial charge in [-0.2, -0.15) is 4.31 Å². The number of hydrogen-bond acceptors (Lipinski definition) is 6. The molecule has 0 saturated carbocycles. The first-order valence-electron chi connectivity index (χ1n) is 6.87. The minimum absolute atomic E-state index is 0.0554. The van der Waals surface area contributed by atoms with Gasteiger partial charge in [0, 0.05) is 18.3 Å². The number of rotatable bonds is 5. The number of hydrogen-bond donors (Lipinski definition) is 2. The molecule has 1 saturated heterocycles. The maximum Gasteiger partial charge on any atom is 0.305 e. The topological polar surface area (TPSA) is 93.7 Å². The molecule has 0 radical (unpaired) electrons. The van der Waals surface area contributed by atoms with E-state index in [0.29, 0.717) is 17.0 Å². The summed E-state index contributed by atoms with van der Waals surface area (Å²) < 4.78 is 27.0. The minimum Gasteiger partial charge on any atom is -0.395 e. The summed E-state index contributed by atoms with van der Waals surface area (Å²) in [5.74, 6) is 0. The van der Waals surface area contributed by atoms with Crippen molar-refractivity contribution in [2.45, 2.75) is 30.0 Å².